The third-order valence-corrected chi connectivity index (χ3v) is 7.68. The van der Waals surface area contributed by atoms with Gasteiger partial charge in [0.15, 0.2) is 0 Å². The minimum Gasteiger partial charge on any atom is -0.490 e. The molecule has 2 aromatic carbocycles. The Hall–Kier alpha value is -2.09. The number of aryl methyl sites for hydroxylation is 1. The minimum absolute atomic E-state index is 0.00720. The summed E-state index contributed by atoms with van der Waals surface area (Å²) >= 11 is 6.06. The van der Waals surface area contributed by atoms with E-state index in [-0.39, 0.29) is 5.91 Å². The van der Waals surface area contributed by atoms with Crippen LogP contribution in [0.4, 0.5) is 0 Å². The highest BCUT2D eigenvalue weighted by Crippen LogP contribution is 2.23. The number of amides is 1. The number of hydrogen-bond donors (Lipinski definition) is 0. The van der Waals surface area contributed by atoms with E-state index in [1.165, 1.54) is 0 Å². The largest absolute Gasteiger partial charge is 0.490 e. The third kappa shape index (κ3) is 6.45. The first-order chi connectivity index (χ1) is 14.9. The first kappa shape index (κ1) is 23.6. The Kier molecular flexibility index (Phi) is 8.35. The van der Waals surface area contributed by atoms with Crippen molar-refractivity contribution in [1.29, 1.82) is 0 Å². The first-order valence-electron chi connectivity index (χ1n) is 10.6. The summed E-state index contributed by atoms with van der Waals surface area (Å²) in [5, 5.41) is 0.544. The molecule has 1 fully saturated rings. The molecule has 1 heterocycles. The highest BCUT2D eigenvalue weighted by Gasteiger charge is 2.25. The van der Waals surface area contributed by atoms with Crippen molar-refractivity contribution in [3.05, 3.63) is 59.1 Å². The van der Waals surface area contributed by atoms with Gasteiger partial charge < -0.3 is 9.64 Å². The fraction of sp³-hybridized carbons (Fsp3) is 0.435. The van der Waals surface area contributed by atoms with E-state index in [9.17, 15) is 13.2 Å². The molecule has 0 bridgehead atoms. The summed E-state index contributed by atoms with van der Waals surface area (Å²) in [5.41, 5.74) is 0.937. The summed E-state index contributed by atoms with van der Waals surface area (Å²) in [6, 6.07) is 14.1. The van der Waals surface area contributed by atoms with Crippen LogP contribution >= 0.6 is 11.6 Å². The Balaban J connectivity index is 1.45. The highest BCUT2D eigenvalue weighted by molar-refractivity contribution is 7.89. The first-order valence-corrected chi connectivity index (χ1v) is 12.4. The number of hydrogen-bond acceptors (Lipinski definition) is 4. The summed E-state index contributed by atoms with van der Waals surface area (Å²) in [6.07, 6.45) is 3.81. The lowest BCUT2D eigenvalue weighted by Crippen LogP contribution is -2.35. The number of nitrogens with zero attached hydrogens (tertiary/aromatic N) is 2. The lowest BCUT2D eigenvalue weighted by atomic mass is 10.1. The second-order valence-corrected chi connectivity index (χ2v) is 10.0. The second kappa shape index (κ2) is 11.0. The van der Waals surface area contributed by atoms with Crippen LogP contribution in [0.25, 0.3) is 0 Å². The predicted octanol–water partition coefficient (Wildman–Crippen LogP) is 3.98. The number of carbonyl (C=O) groups is 1. The summed E-state index contributed by atoms with van der Waals surface area (Å²) in [7, 11) is -1.68. The van der Waals surface area contributed by atoms with Gasteiger partial charge in [0.2, 0.25) is 15.9 Å². The maximum atomic E-state index is 12.7. The van der Waals surface area contributed by atoms with E-state index in [0.717, 1.165) is 24.8 Å². The topological polar surface area (TPSA) is 66.9 Å². The molecule has 1 aliphatic heterocycles. The Morgan fingerprint density at radius 1 is 1.06 bits per heavy atom. The molecule has 3 rings (SSSR count). The van der Waals surface area contributed by atoms with Crippen molar-refractivity contribution in [2.24, 2.45) is 0 Å². The highest BCUT2D eigenvalue weighted by atomic mass is 35.5. The van der Waals surface area contributed by atoms with E-state index < -0.39 is 10.0 Å². The number of likely N-dealkylation sites (N-methyl/N-ethyl adjacent to an activating group) is 1. The molecule has 168 valence electrons. The molecule has 0 aromatic heterocycles. The van der Waals surface area contributed by atoms with Crippen LogP contribution in [0.1, 0.15) is 31.2 Å². The molecule has 1 amide bonds. The van der Waals surface area contributed by atoms with Gasteiger partial charge in [0.25, 0.3) is 0 Å². The maximum Gasteiger partial charge on any atom is 0.243 e. The summed E-state index contributed by atoms with van der Waals surface area (Å²) in [4.78, 5) is 14.3. The van der Waals surface area contributed by atoms with Crippen molar-refractivity contribution >= 4 is 27.5 Å². The van der Waals surface area contributed by atoms with Gasteiger partial charge >= 0.3 is 0 Å². The molecular weight excluding hydrogens is 436 g/mol. The zero-order valence-electron chi connectivity index (χ0n) is 17.8. The molecule has 0 radical (unpaired) electrons. The van der Waals surface area contributed by atoms with Crippen LogP contribution in [0, 0.1) is 0 Å². The number of piperidine rings is 1. The van der Waals surface area contributed by atoms with Crippen molar-refractivity contribution in [2.45, 2.75) is 37.0 Å². The number of ether oxygens (including phenoxy) is 1. The number of rotatable bonds is 9. The molecule has 0 saturated carbocycles. The van der Waals surface area contributed by atoms with E-state index in [1.807, 2.05) is 12.1 Å². The fourth-order valence-corrected chi connectivity index (χ4v) is 5.21. The van der Waals surface area contributed by atoms with Crippen molar-refractivity contribution in [3.63, 3.8) is 0 Å². The smallest absolute Gasteiger partial charge is 0.243 e. The monoisotopic (exact) mass is 464 g/mol. The average Bonchev–Trinajstić information content (AvgIpc) is 2.79. The quantitative estimate of drug-likeness (QED) is 0.562. The molecule has 0 atom stereocenters. The van der Waals surface area contributed by atoms with Crippen LogP contribution in [0.5, 0.6) is 5.75 Å². The van der Waals surface area contributed by atoms with E-state index in [2.05, 4.69) is 0 Å². The molecule has 0 aliphatic carbocycles. The van der Waals surface area contributed by atoms with Crippen molar-refractivity contribution in [3.8, 4) is 5.75 Å². The lowest BCUT2D eigenvalue weighted by Gasteiger charge is -2.25. The molecule has 8 heteroatoms. The van der Waals surface area contributed by atoms with Crippen LogP contribution in [-0.2, 0) is 21.2 Å². The molecule has 0 spiro atoms. The molecule has 31 heavy (non-hydrogen) atoms. The molecule has 1 saturated heterocycles. The van der Waals surface area contributed by atoms with Crippen molar-refractivity contribution < 1.29 is 17.9 Å². The van der Waals surface area contributed by atoms with E-state index in [0.29, 0.717) is 54.8 Å². The predicted molar refractivity (Wildman–Crippen MR) is 122 cm³/mol. The molecule has 0 N–H and O–H groups in total. The minimum atomic E-state index is -3.42. The van der Waals surface area contributed by atoms with E-state index >= 15 is 0 Å². The number of carbonyl (C=O) groups excluding carboxylic acids is 1. The number of sulfonamides is 1. The SMILES string of the molecule is CN(CCOc1ccccc1Cl)C(=O)CCc1ccc(S(=O)(=O)N2CCCCC2)cc1. The van der Waals surface area contributed by atoms with Crippen LogP contribution in [-0.4, -0.2) is 56.8 Å². The van der Waals surface area contributed by atoms with Crippen molar-refractivity contribution in [2.75, 3.05) is 33.3 Å². The van der Waals surface area contributed by atoms with Gasteiger partial charge in [-0.3, -0.25) is 4.79 Å². The van der Waals surface area contributed by atoms with Crippen molar-refractivity contribution in [1.82, 2.24) is 9.21 Å². The van der Waals surface area contributed by atoms with Gasteiger partial charge in [-0.25, -0.2) is 8.42 Å². The van der Waals surface area contributed by atoms with E-state index in [4.69, 9.17) is 16.3 Å². The number of halogens is 1. The average molecular weight is 465 g/mol. The Morgan fingerprint density at radius 3 is 2.42 bits per heavy atom. The Bertz CT molecular complexity index is 973. The van der Waals surface area contributed by atoms with Gasteiger partial charge in [0.05, 0.1) is 16.5 Å². The maximum absolute atomic E-state index is 12.7. The summed E-state index contributed by atoms with van der Waals surface area (Å²) < 4.78 is 32.6. The molecule has 0 unspecified atom stereocenters. The zero-order chi connectivity index (χ0) is 22.3. The number of para-hydroxylation sites is 1. The van der Waals surface area contributed by atoms with Gasteiger partial charge in [-0.1, -0.05) is 42.3 Å². The van der Waals surface area contributed by atoms with Crippen LogP contribution in [0.3, 0.4) is 0 Å². The normalized spacial score (nSPS) is 14.9. The molecule has 6 nitrogen and oxygen atoms in total. The Labute approximate surface area is 189 Å². The van der Waals surface area contributed by atoms with Gasteiger partial charge in [0.1, 0.15) is 12.4 Å². The van der Waals surface area contributed by atoms with Crippen LogP contribution in [0.15, 0.2) is 53.4 Å². The zero-order valence-corrected chi connectivity index (χ0v) is 19.4. The number of benzene rings is 2. The third-order valence-electron chi connectivity index (χ3n) is 5.45. The molecule has 2 aromatic rings. The lowest BCUT2D eigenvalue weighted by molar-refractivity contribution is -0.130. The Morgan fingerprint density at radius 2 is 1.74 bits per heavy atom. The van der Waals surface area contributed by atoms with Gasteiger partial charge in [-0.05, 0) is 49.1 Å². The molecular formula is C23H29ClN2O4S. The van der Waals surface area contributed by atoms with Crippen LogP contribution < -0.4 is 4.74 Å². The standard InChI is InChI=1S/C23H29ClN2O4S/c1-25(17-18-30-22-8-4-3-7-21(22)24)23(27)14-11-19-9-12-20(13-10-19)31(28,29)26-15-5-2-6-16-26/h3-4,7-10,12-13H,2,5-6,11,14-18H2,1H3. The van der Waals surface area contributed by atoms with Gasteiger partial charge in [0, 0.05) is 26.6 Å². The van der Waals surface area contributed by atoms with Gasteiger partial charge in [-0.2, -0.15) is 4.31 Å². The summed E-state index contributed by atoms with van der Waals surface area (Å²) in [5.74, 6) is 0.609. The second-order valence-electron chi connectivity index (χ2n) is 7.70. The summed E-state index contributed by atoms with van der Waals surface area (Å²) in [6.45, 7) is 1.99. The molecule has 1 aliphatic rings. The van der Waals surface area contributed by atoms with E-state index in [1.54, 1.807) is 52.7 Å². The van der Waals surface area contributed by atoms with Crippen LogP contribution in [0.2, 0.25) is 5.02 Å². The fourth-order valence-electron chi connectivity index (χ4n) is 3.50. The van der Waals surface area contributed by atoms with Gasteiger partial charge in [-0.15, -0.1) is 0 Å².